The van der Waals surface area contributed by atoms with Crippen LogP contribution in [0, 0.1) is 11.8 Å². The maximum atomic E-state index is 14.1. The van der Waals surface area contributed by atoms with Crippen molar-refractivity contribution in [3.63, 3.8) is 0 Å². The van der Waals surface area contributed by atoms with Gasteiger partial charge >= 0.3 is 5.97 Å². The van der Waals surface area contributed by atoms with Gasteiger partial charge < -0.3 is 4.74 Å². The molecule has 0 unspecified atom stereocenters. The maximum absolute atomic E-state index is 14.1. The zero-order valence-electron chi connectivity index (χ0n) is 18.7. The van der Waals surface area contributed by atoms with Gasteiger partial charge in [-0.15, -0.1) is 0 Å². The van der Waals surface area contributed by atoms with E-state index in [9.17, 15) is 14.4 Å². The molecule has 33 heavy (non-hydrogen) atoms. The van der Waals surface area contributed by atoms with E-state index in [1.165, 1.54) is 12.0 Å². The van der Waals surface area contributed by atoms with Gasteiger partial charge in [0.25, 0.3) is 0 Å². The molecule has 2 atom stereocenters. The number of carbonyl (C=O) groups excluding carboxylic acids is 3. The molecule has 2 amide bonds. The monoisotopic (exact) mass is 437 g/mol. The van der Waals surface area contributed by atoms with Crippen molar-refractivity contribution in [2.75, 3.05) is 12.0 Å². The van der Waals surface area contributed by atoms with Crippen molar-refractivity contribution < 1.29 is 19.1 Å². The number of ether oxygens (including phenoxy) is 1. The standard InChI is InChI=1S/C28H23NO4/c1-27-17-11-5-7-13-19(17)28(2,20-14-8-6-12-18(20)27)23-22(27)24(30)29(25(23)31)21-15-9-4-10-16(21)26(32)33-3/h4-15,22-23H,1-3H3/t22-,23-,27?,28?/m0/s1. The number of anilines is 1. The second-order valence-corrected chi connectivity index (χ2v) is 9.47. The number of benzene rings is 3. The van der Waals surface area contributed by atoms with Gasteiger partial charge in [-0.1, -0.05) is 74.5 Å². The maximum Gasteiger partial charge on any atom is 0.339 e. The van der Waals surface area contributed by atoms with Crippen molar-refractivity contribution >= 4 is 23.5 Å². The van der Waals surface area contributed by atoms with E-state index in [-0.39, 0.29) is 23.1 Å². The number of esters is 1. The van der Waals surface area contributed by atoms with E-state index < -0.39 is 28.6 Å². The molecular formula is C28H23NO4. The quantitative estimate of drug-likeness (QED) is 0.445. The Balaban J connectivity index is 1.64. The van der Waals surface area contributed by atoms with E-state index in [0.717, 1.165) is 22.3 Å². The highest BCUT2D eigenvalue weighted by Gasteiger charge is 2.70. The van der Waals surface area contributed by atoms with Crippen molar-refractivity contribution in [2.45, 2.75) is 24.7 Å². The minimum atomic E-state index is -0.655. The second-order valence-electron chi connectivity index (χ2n) is 9.47. The van der Waals surface area contributed by atoms with Gasteiger partial charge in [-0.25, -0.2) is 9.69 Å². The molecular weight excluding hydrogens is 414 g/mol. The van der Waals surface area contributed by atoms with Gasteiger partial charge in [-0.2, -0.15) is 0 Å². The highest BCUT2D eigenvalue weighted by molar-refractivity contribution is 6.25. The topological polar surface area (TPSA) is 63.7 Å². The minimum absolute atomic E-state index is 0.207. The van der Waals surface area contributed by atoms with Crippen LogP contribution in [-0.4, -0.2) is 24.9 Å². The van der Waals surface area contributed by atoms with Crippen LogP contribution in [-0.2, 0) is 25.2 Å². The number of imide groups is 1. The Kier molecular flexibility index (Phi) is 3.87. The molecule has 5 heteroatoms. The summed E-state index contributed by atoms with van der Waals surface area (Å²) in [6.45, 7) is 4.17. The lowest BCUT2D eigenvalue weighted by atomic mass is 9.42. The Morgan fingerprint density at radius 3 is 1.55 bits per heavy atom. The lowest BCUT2D eigenvalue weighted by molar-refractivity contribution is -0.124. The van der Waals surface area contributed by atoms with Crippen LogP contribution >= 0.6 is 0 Å². The van der Waals surface area contributed by atoms with Gasteiger partial charge in [0.05, 0.1) is 30.2 Å². The highest BCUT2D eigenvalue weighted by atomic mass is 16.5. The molecule has 0 spiro atoms. The summed E-state index contributed by atoms with van der Waals surface area (Å²) in [7, 11) is 1.29. The van der Waals surface area contributed by atoms with Crippen molar-refractivity contribution in [3.05, 3.63) is 101 Å². The van der Waals surface area contributed by atoms with E-state index in [1.54, 1.807) is 24.3 Å². The number of nitrogens with zero attached hydrogens (tertiary/aromatic N) is 1. The summed E-state index contributed by atoms with van der Waals surface area (Å²) in [5.41, 5.74) is 3.56. The smallest absolute Gasteiger partial charge is 0.339 e. The summed E-state index contributed by atoms with van der Waals surface area (Å²) in [5.74, 6) is -2.23. The van der Waals surface area contributed by atoms with Crippen LogP contribution in [0.3, 0.4) is 0 Å². The first kappa shape index (κ1) is 19.9. The molecule has 0 radical (unpaired) electrons. The third-order valence-electron chi connectivity index (χ3n) is 8.19. The lowest BCUT2D eigenvalue weighted by Crippen LogP contribution is -2.59. The predicted octanol–water partition coefficient (Wildman–Crippen LogP) is 4.22. The summed E-state index contributed by atoms with van der Waals surface area (Å²) >= 11 is 0. The van der Waals surface area contributed by atoms with Crippen LogP contribution < -0.4 is 4.90 Å². The van der Waals surface area contributed by atoms with Gasteiger partial charge in [0.15, 0.2) is 0 Å². The summed E-state index contributed by atoms with van der Waals surface area (Å²) in [4.78, 5) is 42.0. The first-order valence-corrected chi connectivity index (χ1v) is 11.1. The van der Waals surface area contributed by atoms with E-state index in [2.05, 4.69) is 38.1 Å². The van der Waals surface area contributed by atoms with Crippen LogP contribution in [0.4, 0.5) is 5.69 Å². The average Bonchev–Trinajstić information content (AvgIpc) is 3.13. The van der Waals surface area contributed by atoms with Gasteiger partial charge in [0.1, 0.15) is 0 Å². The Morgan fingerprint density at radius 2 is 1.12 bits per heavy atom. The summed E-state index contributed by atoms with van der Waals surface area (Å²) in [5, 5.41) is 0. The number of rotatable bonds is 2. The van der Waals surface area contributed by atoms with Crippen LogP contribution in [0.1, 0.15) is 46.5 Å². The van der Waals surface area contributed by atoms with Crippen LogP contribution in [0.2, 0.25) is 0 Å². The molecule has 0 saturated carbocycles. The fourth-order valence-corrected chi connectivity index (χ4v) is 6.76. The number of carbonyl (C=O) groups is 3. The average molecular weight is 437 g/mol. The fraction of sp³-hybridized carbons (Fsp3) is 0.250. The van der Waals surface area contributed by atoms with Gasteiger partial charge in [0.2, 0.25) is 11.8 Å². The van der Waals surface area contributed by atoms with Crippen molar-refractivity contribution in [3.8, 4) is 0 Å². The summed E-state index contributed by atoms with van der Waals surface area (Å²) < 4.78 is 4.93. The molecule has 3 aliphatic carbocycles. The molecule has 1 saturated heterocycles. The molecule has 0 N–H and O–H groups in total. The number of amides is 2. The predicted molar refractivity (Wildman–Crippen MR) is 123 cm³/mol. The molecule has 4 aliphatic rings. The molecule has 1 heterocycles. The van der Waals surface area contributed by atoms with Gasteiger partial charge in [-0.05, 0) is 34.4 Å². The van der Waals surface area contributed by atoms with Crippen molar-refractivity contribution in [1.82, 2.24) is 0 Å². The summed E-state index contributed by atoms with van der Waals surface area (Å²) in [6.07, 6.45) is 0. The third kappa shape index (κ3) is 2.15. The van der Waals surface area contributed by atoms with Gasteiger partial charge in [0, 0.05) is 10.8 Å². The van der Waals surface area contributed by atoms with Crippen molar-refractivity contribution in [2.24, 2.45) is 11.8 Å². The van der Waals surface area contributed by atoms with Crippen LogP contribution in [0.25, 0.3) is 0 Å². The SMILES string of the molecule is COC(=O)c1ccccc1N1C(=O)[C@@H]2[C@@H](C1=O)C1(C)c3ccccc3C2(C)c2ccccc21. The highest BCUT2D eigenvalue weighted by Crippen LogP contribution is 2.66. The van der Waals surface area contributed by atoms with E-state index >= 15 is 0 Å². The summed E-state index contributed by atoms with van der Waals surface area (Å²) in [6, 6.07) is 23.0. The molecule has 5 nitrogen and oxygen atoms in total. The number of hydrogen-bond acceptors (Lipinski definition) is 4. The number of methoxy groups -OCH3 is 1. The van der Waals surface area contributed by atoms with E-state index in [4.69, 9.17) is 4.74 Å². The molecule has 3 aromatic rings. The van der Waals surface area contributed by atoms with Gasteiger partial charge in [-0.3, -0.25) is 9.59 Å². The number of para-hydroxylation sites is 1. The van der Waals surface area contributed by atoms with E-state index in [1.807, 2.05) is 24.3 Å². The van der Waals surface area contributed by atoms with Crippen LogP contribution in [0.5, 0.6) is 0 Å². The first-order valence-electron chi connectivity index (χ1n) is 11.1. The lowest BCUT2D eigenvalue weighted by Gasteiger charge is -2.57. The Hall–Kier alpha value is -3.73. The molecule has 1 aliphatic heterocycles. The zero-order valence-corrected chi connectivity index (χ0v) is 18.7. The second kappa shape index (κ2) is 6.41. The fourth-order valence-electron chi connectivity index (χ4n) is 6.76. The largest absolute Gasteiger partial charge is 0.465 e. The minimum Gasteiger partial charge on any atom is -0.465 e. The Bertz CT molecular complexity index is 1250. The van der Waals surface area contributed by atoms with E-state index in [0.29, 0.717) is 0 Å². The first-order chi connectivity index (χ1) is 15.9. The molecule has 2 bridgehead atoms. The normalized spacial score (nSPS) is 28.9. The Labute approximate surface area is 192 Å². The third-order valence-corrected chi connectivity index (χ3v) is 8.19. The van der Waals surface area contributed by atoms with Crippen LogP contribution in [0.15, 0.2) is 72.8 Å². The molecule has 1 fully saturated rings. The molecule has 0 aromatic heterocycles. The molecule has 7 rings (SSSR count). The molecule has 3 aromatic carbocycles. The molecule has 164 valence electrons. The number of hydrogen-bond donors (Lipinski definition) is 0. The van der Waals surface area contributed by atoms with Crippen molar-refractivity contribution in [1.29, 1.82) is 0 Å². The Morgan fingerprint density at radius 1 is 0.727 bits per heavy atom. The zero-order chi connectivity index (χ0) is 23.1.